The summed E-state index contributed by atoms with van der Waals surface area (Å²) in [5.41, 5.74) is 2.64. The van der Waals surface area contributed by atoms with Crippen LogP contribution in [-0.4, -0.2) is 21.4 Å². The van der Waals surface area contributed by atoms with E-state index in [0.29, 0.717) is 21.2 Å². The third-order valence-electron chi connectivity index (χ3n) is 3.91. The van der Waals surface area contributed by atoms with Crippen molar-refractivity contribution in [3.8, 4) is 0 Å². The second-order valence-electron chi connectivity index (χ2n) is 5.57. The molecule has 0 fully saturated rings. The molecule has 3 aromatic rings. The van der Waals surface area contributed by atoms with Gasteiger partial charge in [-0.05, 0) is 42.8 Å². The van der Waals surface area contributed by atoms with Crippen LogP contribution >= 0.6 is 11.6 Å². The number of aryl methyl sites for hydroxylation is 1. The van der Waals surface area contributed by atoms with Crippen molar-refractivity contribution in [3.05, 3.63) is 70.4 Å². The van der Waals surface area contributed by atoms with Crippen LogP contribution < -0.4 is 0 Å². The number of esters is 1. The molecule has 4 nitrogen and oxygen atoms in total. The van der Waals surface area contributed by atoms with E-state index in [0.717, 1.165) is 16.5 Å². The molecular weight excluding hydrogens is 358 g/mol. The number of carbonyl (C=O) groups excluding carboxylic acids is 1. The molecule has 1 unspecified atom stereocenters. The summed E-state index contributed by atoms with van der Waals surface area (Å²) in [6, 6.07) is 14.2. The summed E-state index contributed by atoms with van der Waals surface area (Å²) < 4.78 is 16.7. The molecule has 0 saturated heterocycles. The number of fused-ring (bicyclic) bond motifs is 1. The zero-order chi connectivity index (χ0) is 18.0. The van der Waals surface area contributed by atoms with Crippen molar-refractivity contribution in [2.75, 3.05) is 6.26 Å². The number of para-hydroxylation sites is 1. The molecule has 0 spiro atoms. The van der Waals surface area contributed by atoms with Gasteiger partial charge >= 0.3 is 5.97 Å². The van der Waals surface area contributed by atoms with Crippen molar-refractivity contribution in [2.24, 2.45) is 0 Å². The molecule has 0 bridgehead atoms. The predicted octanol–water partition coefficient (Wildman–Crippen LogP) is 4.29. The van der Waals surface area contributed by atoms with Crippen LogP contribution in [0.25, 0.3) is 10.9 Å². The predicted molar refractivity (Wildman–Crippen MR) is 99.4 cm³/mol. The first kappa shape index (κ1) is 17.6. The number of nitrogens with zero attached hydrogens (tertiary/aromatic N) is 1. The van der Waals surface area contributed by atoms with Gasteiger partial charge in [-0.2, -0.15) is 0 Å². The number of ether oxygens (including phenoxy) is 1. The molecule has 0 saturated carbocycles. The highest BCUT2D eigenvalue weighted by Crippen LogP contribution is 2.27. The lowest BCUT2D eigenvalue weighted by Crippen LogP contribution is -2.07. The zero-order valence-electron chi connectivity index (χ0n) is 13.8. The summed E-state index contributed by atoms with van der Waals surface area (Å²) in [4.78, 5) is 17.3. The Hall–Kier alpha value is -2.24. The lowest BCUT2D eigenvalue weighted by molar-refractivity contribution is 0.0468. The van der Waals surface area contributed by atoms with E-state index >= 15 is 0 Å². The van der Waals surface area contributed by atoms with Gasteiger partial charge in [-0.15, -0.1) is 0 Å². The molecule has 0 aliphatic carbocycles. The third-order valence-corrected chi connectivity index (χ3v) is 5.35. The van der Waals surface area contributed by atoms with Gasteiger partial charge in [0.25, 0.3) is 0 Å². The van der Waals surface area contributed by atoms with Crippen molar-refractivity contribution in [1.82, 2.24) is 4.98 Å². The number of hydrogen-bond acceptors (Lipinski definition) is 4. The Morgan fingerprint density at radius 1 is 1.16 bits per heavy atom. The molecule has 0 aliphatic rings. The smallest absolute Gasteiger partial charge is 0.338 e. The van der Waals surface area contributed by atoms with E-state index in [1.807, 2.05) is 31.2 Å². The molecule has 25 heavy (non-hydrogen) atoms. The standard InChI is InChI=1S/C19H16ClNO3S/c1-12-15-5-3-4-6-16(15)21-17(18(12)20)11-24-19(22)13-7-9-14(10-8-13)25(2)23/h3-10H,11H2,1-2H3. The molecular formula is C19H16ClNO3S. The summed E-state index contributed by atoms with van der Waals surface area (Å²) in [5.74, 6) is -0.475. The van der Waals surface area contributed by atoms with Crippen molar-refractivity contribution >= 4 is 39.3 Å². The highest BCUT2D eigenvalue weighted by atomic mass is 35.5. The van der Waals surface area contributed by atoms with Crippen LogP contribution in [0.15, 0.2) is 53.4 Å². The van der Waals surface area contributed by atoms with E-state index in [1.165, 1.54) is 0 Å². The van der Waals surface area contributed by atoms with Crippen LogP contribution in [0.2, 0.25) is 5.02 Å². The van der Waals surface area contributed by atoms with Crippen molar-refractivity contribution in [1.29, 1.82) is 0 Å². The minimum absolute atomic E-state index is 0.00913. The molecule has 0 amide bonds. The average molecular weight is 374 g/mol. The highest BCUT2D eigenvalue weighted by Gasteiger charge is 2.13. The van der Waals surface area contributed by atoms with E-state index in [2.05, 4.69) is 4.98 Å². The van der Waals surface area contributed by atoms with Gasteiger partial charge in [-0.1, -0.05) is 29.8 Å². The van der Waals surface area contributed by atoms with E-state index in [9.17, 15) is 9.00 Å². The SMILES string of the molecule is Cc1c(Cl)c(COC(=O)c2ccc(S(C)=O)cc2)nc2ccccc12. The Balaban J connectivity index is 1.79. The molecule has 0 N–H and O–H groups in total. The monoisotopic (exact) mass is 373 g/mol. The molecule has 0 aliphatic heterocycles. The van der Waals surface area contributed by atoms with E-state index in [-0.39, 0.29) is 6.61 Å². The maximum Gasteiger partial charge on any atom is 0.338 e. The van der Waals surface area contributed by atoms with Gasteiger partial charge in [0.1, 0.15) is 6.61 Å². The fourth-order valence-electron chi connectivity index (χ4n) is 2.51. The molecule has 6 heteroatoms. The van der Waals surface area contributed by atoms with Crippen LogP contribution in [-0.2, 0) is 22.1 Å². The third kappa shape index (κ3) is 3.72. The summed E-state index contributed by atoms with van der Waals surface area (Å²) in [6.45, 7) is 1.91. The quantitative estimate of drug-likeness (QED) is 0.640. The molecule has 1 atom stereocenters. The Kier molecular flexibility index (Phi) is 5.16. The molecule has 2 aromatic carbocycles. The number of carbonyl (C=O) groups is 1. The molecule has 0 radical (unpaired) electrons. The Labute approximate surface area is 153 Å². The normalized spacial score (nSPS) is 12.1. The first-order valence-electron chi connectivity index (χ1n) is 7.61. The lowest BCUT2D eigenvalue weighted by Gasteiger charge is -2.10. The number of benzene rings is 2. The number of pyridine rings is 1. The van der Waals surface area contributed by atoms with Crippen molar-refractivity contribution < 1.29 is 13.7 Å². The Morgan fingerprint density at radius 2 is 1.84 bits per heavy atom. The van der Waals surface area contributed by atoms with Gasteiger partial charge in [-0.25, -0.2) is 9.78 Å². The number of rotatable bonds is 4. The first-order valence-corrected chi connectivity index (χ1v) is 9.55. The maximum atomic E-state index is 12.2. The highest BCUT2D eigenvalue weighted by molar-refractivity contribution is 7.84. The molecule has 128 valence electrons. The van der Waals surface area contributed by atoms with Crippen molar-refractivity contribution in [3.63, 3.8) is 0 Å². The van der Waals surface area contributed by atoms with Gasteiger partial charge in [0.2, 0.25) is 0 Å². The lowest BCUT2D eigenvalue weighted by atomic mass is 10.1. The average Bonchev–Trinajstić information content (AvgIpc) is 2.63. The van der Waals surface area contributed by atoms with Gasteiger partial charge < -0.3 is 4.74 Å². The first-order chi connectivity index (χ1) is 12.0. The van der Waals surface area contributed by atoms with Crippen molar-refractivity contribution in [2.45, 2.75) is 18.4 Å². The fourth-order valence-corrected chi connectivity index (χ4v) is 3.23. The van der Waals surface area contributed by atoms with Gasteiger partial charge in [-0.3, -0.25) is 4.21 Å². The second kappa shape index (κ2) is 7.33. The van der Waals surface area contributed by atoms with Crippen LogP contribution in [0.1, 0.15) is 21.6 Å². The zero-order valence-corrected chi connectivity index (χ0v) is 15.4. The van der Waals surface area contributed by atoms with Crippen LogP contribution in [0.4, 0.5) is 0 Å². The minimum atomic E-state index is -1.08. The number of halogens is 1. The molecule has 1 heterocycles. The van der Waals surface area contributed by atoms with Gasteiger partial charge in [0.05, 0.1) is 21.8 Å². The Morgan fingerprint density at radius 3 is 2.52 bits per heavy atom. The summed E-state index contributed by atoms with van der Waals surface area (Å²) in [6.07, 6.45) is 1.59. The minimum Gasteiger partial charge on any atom is -0.456 e. The van der Waals surface area contributed by atoms with Gasteiger partial charge in [0.15, 0.2) is 0 Å². The Bertz CT molecular complexity index is 970. The topological polar surface area (TPSA) is 56.3 Å². The second-order valence-corrected chi connectivity index (χ2v) is 7.33. The largest absolute Gasteiger partial charge is 0.456 e. The summed E-state index contributed by atoms with van der Waals surface area (Å²) in [7, 11) is -1.08. The number of hydrogen-bond donors (Lipinski definition) is 0. The van der Waals surface area contributed by atoms with E-state index < -0.39 is 16.8 Å². The summed E-state index contributed by atoms with van der Waals surface area (Å²) >= 11 is 6.37. The fraction of sp³-hybridized carbons (Fsp3) is 0.158. The van der Waals surface area contributed by atoms with Gasteiger partial charge in [0, 0.05) is 27.3 Å². The van der Waals surface area contributed by atoms with Crippen LogP contribution in [0, 0.1) is 6.92 Å². The van der Waals surface area contributed by atoms with E-state index in [1.54, 1.807) is 30.5 Å². The van der Waals surface area contributed by atoms with E-state index in [4.69, 9.17) is 16.3 Å². The summed E-state index contributed by atoms with van der Waals surface area (Å²) in [5, 5.41) is 1.48. The number of aromatic nitrogens is 1. The molecule has 3 rings (SSSR count). The maximum absolute atomic E-state index is 12.2. The molecule has 1 aromatic heterocycles. The van der Waals surface area contributed by atoms with Crippen LogP contribution in [0.3, 0.4) is 0 Å². The van der Waals surface area contributed by atoms with Crippen LogP contribution in [0.5, 0.6) is 0 Å².